The minimum absolute atomic E-state index is 0.0489. The molecule has 1 aliphatic carbocycles. The van der Waals surface area contributed by atoms with E-state index in [0.717, 1.165) is 11.8 Å². The summed E-state index contributed by atoms with van der Waals surface area (Å²) in [5, 5.41) is 5.81. The minimum atomic E-state index is -0.884. The molecule has 0 radical (unpaired) electrons. The van der Waals surface area contributed by atoms with E-state index in [1.165, 1.54) is 6.07 Å². The molecule has 2 aromatic carbocycles. The molecule has 34 heavy (non-hydrogen) atoms. The van der Waals surface area contributed by atoms with Gasteiger partial charge in [-0.3, -0.25) is 9.59 Å². The Balaban J connectivity index is 1.61. The van der Waals surface area contributed by atoms with Crippen molar-refractivity contribution in [2.75, 3.05) is 12.1 Å². The van der Waals surface area contributed by atoms with Gasteiger partial charge in [0.05, 0.1) is 5.69 Å². The summed E-state index contributed by atoms with van der Waals surface area (Å²) in [5.41, 5.74) is 2.47. The van der Waals surface area contributed by atoms with E-state index in [9.17, 15) is 18.4 Å². The Kier molecular flexibility index (Phi) is 5.19. The number of hydrogen-bond acceptors (Lipinski definition) is 5. The number of carbonyl (C=O) groups is 2. The van der Waals surface area contributed by atoms with E-state index in [2.05, 4.69) is 10.6 Å². The van der Waals surface area contributed by atoms with E-state index in [1.807, 2.05) is 13.8 Å². The zero-order valence-electron chi connectivity index (χ0n) is 19.1. The molecule has 2 N–H and O–H groups in total. The van der Waals surface area contributed by atoms with Crippen molar-refractivity contribution in [3.05, 3.63) is 76.1 Å². The second-order valence-electron chi connectivity index (χ2n) is 9.62. The van der Waals surface area contributed by atoms with E-state index in [-0.39, 0.29) is 29.3 Å². The van der Waals surface area contributed by atoms with Gasteiger partial charge in [0.2, 0.25) is 6.79 Å². The summed E-state index contributed by atoms with van der Waals surface area (Å²) in [5.74, 6) is -1.82. The second kappa shape index (κ2) is 7.97. The minimum Gasteiger partial charge on any atom is -0.454 e. The molecule has 0 spiro atoms. The van der Waals surface area contributed by atoms with Gasteiger partial charge in [-0.25, -0.2) is 8.78 Å². The third kappa shape index (κ3) is 3.83. The normalized spacial score (nSPS) is 20.7. The Morgan fingerprint density at radius 2 is 1.85 bits per heavy atom. The van der Waals surface area contributed by atoms with Crippen LogP contribution in [0.5, 0.6) is 11.5 Å². The number of halogens is 2. The van der Waals surface area contributed by atoms with Crippen LogP contribution in [0, 0.1) is 17.0 Å². The molecule has 3 aliphatic rings. The molecule has 6 nitrogen and oxygen atoms in total. The van der Waals surface area contributed by atoms with Crippen LogP contribution < -0.4 is 20.1 Å². The van der Waals surface area contributed by atoms with Gasteiger partial charge in [0.25, 0.3) is 5.91 Å². The highest BCUT2D eigenvalue weighted by Crippen LogP contribution is 2.48. The van der Waals surface area contributed by atoms with Crippen molar-refractivity contribution in [1.29, 1.82) is 0 Å². The molecule has 0 aromatic heterocycles. The van der Waals surface area contributed by atoms with Gasteiger partial charge in [-0.2, -0.15) is 0 Å². The lowest BCUT2D eigenvalue weighted by Crippen LogP contribution is -2.39. The predicted molar refractivity (Wildman–Crippen MR) is 121 cm³/mol. The standard InChI is InChI=1S/C26H24F2N2O4/c1-13-22(25(32)30-17-6-5-15(27)9-16(17)28)23(14-4-7-20-21(8-14)34-12-33-20)24-18(29-13)10-26(2,3)11-19(24)31/h4-9,23,29H,10-12H2,1-3H3,(H,30,32)/t23-/m0/s1. The van der Waals surface area contributed by atoms with Crippen LogP contribution in [0.15, 0.2) is 58.9 Å². The number of anilines is 1. The van der Waals surface area contributed by atoms with Gasteiger partial charge in [-0.15, -0.1) is 0 Å². The molecule has 0 saturated heterocycles. The number of amides is 1. The van der Waals surface area contributed by atoms with E-state index >= 15 is 0 Å². The molecular formula is C26H24F2N2O4. The largest absolute Gasteiger partial charge is 0.454 e. The summed E-state index contributed by atoms with van der Waals surface area (Å²) in [6.45, 7) is 5.92. The first-order valence-corrected chi connectivity index (χ1v) is 11.0. The highest BCUT2D eigenvalue weighted by atomic mass is 19.1. The van der Waals surface area contributed by atoms with Crippen molar-refractivity contribution in [3.8, 4) is 11.5 Å². The summed E-state index contributed by atoms with van der Waals surface area (Å²) in [4.78, 5) is 26.9. The molecule has 5 rings (SSSR count). The van der Waals surface area contributed by atoms with Crippen LogP contribution in [0.1, 0.15) is 45.1 Å². The number of nitrogens with one attached hydrogen (secondary N) is 2. The smallest absolute Gasteiger partial charge is 0.254 e. The van der Waals surface area contributed by atoms with Gasteiger partial charge in [0.1, 0.15) is 11.6 Å². The third-order valence-corrected chi connectivity index (χ3v) is 6.39. The highest BCUT2D eigenvalue weighted by Gasteiger charge is 2.43. The maximum atomic E-state index is 14.3. The molecule has 0 bridgehead atoms. The van der Waals surface area contributed by atoms with Crippen molar-refractivity contribution in [2.45, 2.75) is 39.5 Å². The molecule has 0 saturated carbocycles. The van der Waals surface area contributed by atoms with Crippen molar-refractivity contribution in [1.82, 2.24) is 5.32 Å². The molecule has 8 heteroatoms. The first-order chi connectivity index (χ1) is 16.1. The van der Waals surface area contributed by atoms with Crippen molar-refractivity contribution >= 4 is 17.4 Å². The van der Waals surface area contributed by atoms with Crippen molar-refractivity contribution < 1.29 is 27.8 Å². The van der Waals surface area contributed by atoms with E-state index in [1.54, 1.807) is 25.1 Å². The zero-order valence-corrected chi connectivity index (χ0v) is 19.1. The first kappa shape index (κ1) is 22.1. The van der Waals surface area contributed by atoms with Gasteiger partial charge < -0.3 is 20.1 Å². The second-order valence-corrected chi connectivity index (χ2v) is 9.62. The summed E-state index contributed by atoms with van der Waals surface area (Å²) >= 11 is 0. The molecule has 2 aliphatic heterocycles. The zero-order chi connectivity index (χ0) is 24.2. The number of ether oxygens (including phenoxy) is 2. The number of benzene rings is 2. The fourth-order valence-electron chi connectivity index (χ4n) is 4.94. The number of hydrogen-bond donors (Lipinski definition) is 2. The maximum absolute atomic E-state index is 14.3. The number of carbonyl (C=O) groups excluding carboxylic acids is 2. The van der Waals surface area contributed by atoms with E-state index in [0.29, 0.717) is 47.2 Å². The summed E-state index contributed by atoms with van der Waals surface area (Å²) in [6, 6.07) is 8.28. The summed E-state index contributed by atoms with van der Waals surface area (Å²) in [7, 11) is 0. The fraction of sp³-hybridized carbons (Fsp3) is 0.308. The topological polar surface area (TPSA) is 76.7 Å². The van der Waals surface area contributed by atoms with Crippen LogP contribution >= 0.6 is 0 Å². The summed E-state index contributed by atoms with van der Waals surface area (Å²) < 4.78 is 38.6. The van der Waals surface area contributed by atoms with Crippen molar-refractivity contribution in [2.24, 2.45) is 5.41 Å². The van der Waals surface area contributed by atoms with Crippen LogP contribution in [0.3, 0.4) is 0 Å². The fourth-order valence-corrected chi connectivity index (χ4v) is 4.94. The van der Waals surface area contributed by atoms with Crippen LogP contribution in [0.25, 0.3) is 0 Å². The molecular weight excluding hydrogens is 442 g/mol. The van der Waals surface area contributed by atoms with E-state index < -0.39 is 23.5 Å². The van der Waals surface area contributed by atoms with Crippen LogP contribution in [-0.2, 0) is 9.59 Å². The predicted octanol–water partition coefficient (Wildman–Crippen LogP) is 4.94. The first-order valence-electron chi connectivity index (χ1n) is 11.0. The maximum Gasteiger partial charge on any atom is 0.254 e. The highest BCUT2D eigenvalue weighted by molar-refractivity contribution is 6.10. The lowest BCUT2D eigenvalue weighted by Gasteiger charge is -2.39. The molecule has 0 fully saturated rings. The number of ketones is 1. The third-order valence-electron chi connectivity index (χ3n) is 6.39. The van der Waals surface area contributed by atoms with Gasteiger partial charge in [-0.1, -0.05) is 19.9 Å². The lowest BCUT2D eigenvalue weighted by atomic mass is 9.68. The molecule has 176 valence electrons. The quantitative estimate of drug-likeness (QED) is 0.671. The molecule has 1 amide bonds. The van der Waals surface area contributed by atoms with Crippen LogP contribution in [-0.4, -0.2) is 18.5 Å². The molecule has 0 unspecified atom stereocenters. The Morgan fingerprint density at radius 3 is 2.62 bits per heavy atom. The molecule has 2 aromatic rings. The van der Waals surface area contributed by atoms with Gasteiger partial charge in [0, 0.05) is 40.9 Å². The Labute approximate surface area is 195 Å². The molecule has 2 heterocycles. The average molecular weight is 466 g/mol. The van der Waals surface area contributed by atoms with Crippen molar-refractivity contribution in [3.63, 3.8) is 0 Å². The number of dihydropyridines is 1. The average Bonchev–Trinajstić information content (AvgIpc) is 3.21. The number of fused-ring (bicyclic) bond motifs is 1. The van der Waals surface area contributed by atoms with Crippen LogP contribution in [0.2, 0.25) is 0 Å². The number of rotatable bonds is 3. The van der Waals surface area contributed by atoms with Gasteiger partial charge in [0.15, 0.2) is 17.3 Å². The lowest BCUT2D eigenvalue weighted by molar-refractivity contribution is -0.118. The Morgan fingerprint density at radius 1 is 1.09 bits per heavy atom. The SMILES string of the molecule is CC1=C(C(=O)Nc2ccc(F)cc2F)[C@H](c2ccc3c(c2)OCO3)C2=C(CC(C)(C)CC2=O)N1. The summed E-state index contributed by atoms with van der Waals surface area (Å²) in [6.07, 6.45) is 0.989. The van der Waals surface area contributed by atoms with Gasteiger partial charge >= 0.3 is 0 Å². The molecule has 1 atom stereocenters. The number of Topliss-reactive ketones (excluding diaryl/α,β-unsaturated/α-hetero) is 1. The monoisotopic (exact) mass is 466 g/mol. The Hall–Kier alpha value is -3.68. The van der Waals surface area contributed by atoms with Crippen LogP contribution in [0.4, 0.5) is 14.5 Å². The Bertz CT molecular complexity index is 1300. The van der Waals surface area contributed by atoms with Gasteiger partial charge in [-0.05, 0) is 48.6 Å². The van der Waals surface area contributed by atoms with E-state index in [4.69, 9.17) is 9.47 Å². The number of allylic oxidation sites excluding steroid dienone is 3.